The Bertz CT molecular complexity index is 953. The molecule has 2 saturated heterocycles. The molecule has 0 aromatic heterocycles. The number of aliphatic hydroxyl groups is 1. The average molecular weight is 471 g/mol. The summed E-state index contributed by atoms with van der Waals surface area (Å²) in [5.74, 6) is -0.354. The Hall–Kier alpha value is -0.870. The maximum absolute atomic E-state index is 12.8. The second kappa shape index (κ2) is 6.52. The van der Waals surface area contributed by atoms with E-state index in [-0.39, 0.29) is 33.0 Å². The molecular weight excluding hydrogens is 424 g/mol. The molecule has 4 nitrogen and oxygen atoms in total. The van der Waals surface area contributed by atoms with Crippen molar-refractivity contribution >= 4 is 5.97 Å². The van der Waals surface area contributed by atoms with Gasteiger partial charge in [-0.1, -0.05) is 53.2 Å². The van der Waals surface area contributed by atoms with Crippen LogP contribution in [0.3, 0.4) is 0 Å². The molecule has 4 heteroatoms. The quantitative estimate of drug-likeness (QED) is 0.425. The maximum atomic E-state index is 12.8. The normalized spacial score (nSPS) is 54.7. The zero-order valence-electron chi connectivity index (χ0n) is 22.3. The molecule has 0 aromatic carbocycles. The highest BCUT2D eigenvalue weighted by molar-refractivity contribution is 5.76. The first kappa shape index (κ1) is 23.5. The van der Waals surface area contributed by atoms with Gasteiger partial charge in [-0.3, -0.25) is 4.79 Å². The summed E-state index contributed by atoms with van der Waals surface area (Å²) >= 11 is 0. The molecule has 2 N–H and O–H groups in total. The zero-order chi connectivity index (χ0) is 24.6. The lowest BCUT2D eigenvalue weighted by atomic mass is 9.32. The van der Waals surface area contributed by atoms with Crippen LogP contribution in [-0.2, 0) is 9.53 Å². The number of hydrogen-bond donors (Lipinski definition) is 2. The second-order valence-corrected chi connectivity index (χ2v) is 15.2. The molecule has 7 rings (SSSR count). The Morgan fingerprint density at radius 1 is 0.941 bits per heavy atom. The minimum atomic E-state index is -0.980. The highest BCUT2D eigenvalue weighted by atomic mass is 16.6. The van der Waals surface area contributed by atoms with Gasteiger partial charge in [0.05, 0.1) is 12.0 Å². The van der Waals surface area contributed by atoms with Crippen LogP contribution in [-0.4, -0.2) is 28.6 Å². The first-order valence-corrected chi connectivity index (χ1v) is 14.0. The Kier molecular flexibility index (Phi) is 4.51. The van der Waals surface area contributed by atoms with Crippen LogP contribution in [0.2, 0.25) is 0 Å². The van der Waals surface area contributed by atoms with E-state index in [1.807, 2.05) is 0 Å². The lowest BCUT2D eigenvalue weighted by Crippen LogP contribution is -2.73. The maximum Gasteiger partial charge on any atom is 0.310 e. The molecule has 190 valence electrons. The fraction of sp³-hybridized carbons (Fsp3) is 0.900. The van der Waals surface area contributed by atoms with Crippen LogP contribution in [0.25, 0.3) is 0 Å². The molecule has 34 heavy (non-hydrogen) atoms. The lowest BCUT2D eigenvalue weighted by molar-refractivity contribution is -0.395. The molecule has 5 aliphatic carbocycles. The third kappa shape index (κ3) is 2.46. The van der Waals surface area contributed by atoms with Gasteiger partial charge in [-0.15, -0.1) is 0 Å². The van der Waals surface area contributed by atoms with Crippen molar-refractivity contribution in [2.24, 2.45) is 50.2 Å². The highest BCUT2D eigenvalue weighted by Gasteiger charge is 2.74. The number of rotatable bonds is 1. The molecule has 8 atom stereocenters. The largest absolute Gasteiger partial charge is 0.481 e. The third-order valence-corrected chi connectivity index (χ3v) is 13.5. The highest BCUT2D eigenvalue weighted by Crippen LogP contribution is 2.77. The van der Waals surface area contributed by atoms with Gasteiger partial charge in [-0.05, 0) is 91.8 Å². The van der Waals surface area contributed by atoms with Crippen LogP contribution in [0.1, 0.15) is 106 Å². The van der Waals surface area contributed by atoms with Crippen LogP contribution < -0.4 is 0 Å². The number of fused-ring (bicyclic) bond motifs is 7. The van der Waals surface area contributed by atoms with Crippen molar-refractivity contribution in [1.29, 1.82) is 0 Å². The number of allylic oxidation sites excluding steroid dienone is 2. The van der Waals surface area contributed by atoms with Crippen molar-refractivity contribution in [3.63, 3.8) is 0 Å². The summed E-state index contributed by atoms with van der Waals surface area (Å²) in [7, 11) is 0. The SMILES string of the molecule is CC1(C)CC[C@]2(C(=O)O)CC[C@]3(C)C(=CC[C@H]4[C@]56CC[C@](O)(OC5)C(C)(C)[C@@H]6CC[C@]43C)[C@@H]2C1. The van der Waals surface area contributed by atoms with E-state index in [1.54, 1.807) is 0 Å². The van der Waals surface area contributed by atoms with Crippen molar-refractivity contribution < 1.29 is 19.7 Å². The Morgan fingerprint density at radius 3 is 2.29 bits per heavy atom. The first-order valence-electron chi connectivity index (χ1n) is 14.0. The standard InChI is InChI=1S/C30H46O4/c1-24(2)11-13-28(23(31)32)14-12-26(5)19(20(28)17-24)7-8-22-27(26,6)10-9-21-25(3,4)30(33)16-15-29(21,22)18-34-30/h7,20-22,33H,8-18H2,1-6H3,(H,31,32)/t20-,21-,22+,26+,27+,28-,29+,30-/m0/s1. The number of carbonyl (C=O) groups is 1. The van der Waals surface area contributed by atoms with Gasteiger partial charge in [0, 0.05) is 17.3 Å². The predicted molar refractivity (Wildman–Crippen MR) is 132 cm³/mol. The number of ether oxygens (including phenoxy) is 1. The summed E-state index contributed by atoms with van der Waals surface area (Å²) < 4.78 is 6.32. The van der Waals surface area contributed by atoms with Crippen molar-refractivity contribution in [1.82, 2.24) is 0 Å². The van der Waals surface area contributed by atoms with Crippen molar-refractivity contribution in [3.8, 4) is 0 Å². The molecule has 1 spiro atoms. The number of hydrogen-bond acceptors (Lipinski definition) is 3. The minimum Gasteiger partial charge on any atom is -0.481 e. The first-order chi connectivity index (χ1) is 15.7. The van der Waals surface area contributed by atoms with Crippen molar-refractivity contribution in [2.75, 3.05) is 6.61 Å². The number of carboxylic acid groups (broad SMARTS) is 1. The number of aliphatic carboxylic acids is 1. The molecular formula is C30H46O4. The minimum absolute atomic E-state index is 0.0437. The van der Waals surface area contributed by atoms with Gasteiger partial charge in [0.1, 0.15) is 0 Å². The van der Waals surface area contributed by atoms with Gasteiger partial charge in [-0.25, -0.2) is 0 Å². The van der Waals surface area contributed by atoms with E-state index in [4.69, 9.17) is 4.74 Å². The Morgan fingerprint density at radius 2 is 1.65 bits per heavy atom. The van der Waals surface area contributed by atoms with E-state index in [1.165, 1.54) is 12.0 Å². The third-order valence-electron chi connectivity index (χ3n) is 13.5. The van der Waals surface area contributed by atoms with E-state index in [0.29, 0.717) is 18.4 Å². The summed E-state index contributed by atoms with van der Waals surface area (Å²) in [6.45, 7) is 14.9. The monoisotopic (exact) mass is 470 g/mol. The summed E-state index contributed by atoms with van der Waals surface area (Å²) in [5, 5.41) is 21.9. The van der Waals surface area contributed by atoms with Crippen LogP contribution in [0, 0.1) is 50.2 Å². The van der Waals surface area contributed by atoms with Crippen LogP contribution in [0.4, 0.5) is 0 Å². The molecule has 7 aliphatic rings. The van der Waals surface area contributed by atoms with E-state index in [9.17, 15) is 15.0 Å². The smallest absolute Gasteiger partial charge is 0.310 e. The number of carboxylic acids is 1. The van der Waals surface area contributed by atoms with Crippen molar-refractivity contribution in [2.45, 2.75) is 112 Å². The zero-order valence-corrected chi connectivity index (χ0v) is 22.3. The molecule has 2 aliphatic heterocycles. The average Bonchev–Trinajstić information content (AvgIpc) is 2.75. The summed E-state index contributed by atoms with van der Waals surface area (Å²) in [5.41, 5.74) is 1.20. The molecule has 2 heterocycles. The van der Waals surface area contributed by atoms with Gasteiger partial charge in [0.15, 0.2) is 5.79 Å². The molecule has 0 unspecified atom stereocenters. The fourth-order valence-electron chi connectivity index (χ4n) is 11.0. The van der Waals surface area contributed by atoms with Gasteiger partial charge < -0.3 is 14.9 Å². The van der Waals surface area contributed by atoms with E-state index in [2.05, 4.69) is 47.6 Å². The van der Waals surface area contributed by atoms with Crippen molar-refractivity contribution in [3.05, 3.63) is 11.6 Å². The molecule has 2 bridgehead atoms. The summed E-state index contributed by atoms with van der Waals surface area (Å²) in [6, 6.07) is 0. The Balaban J connectivity index is 1.46. The molecule has 6 fully saturated rings. The lowest BCUT2D eigenvalue weighted by Gasteiger charge is -2.74. The molecule has 0 amide bonds. The van der Waals surface area contributed by atoms with Crippen LogP contribution in [0.15, 0.2) is 11.6 Å². The van der Waals surface area contributed by atoms with Gasteiger partial charge >= 0.3 is 5.97 Å². The fourth-order valence-corrected chi connectivity index (χ4v) is 11.0. The Labute approximate surface area is 205 Å². The van der Waals surface area contributed by atoms with Gasteiger partial charge in [-0.2, -0.15) is 0 Å². The molecule has 0 radical (unpaired) electrons. The van der Waals surface area contributed by atoms with Crippen LogP contribution >= 0.6 is 0 Å². The molecule has 4 saturated carbocycles. The topological polar surface area (TPSA) is 66.8 Å². The van der Waals surface area contributed by atoms with E-state index >= 15 is 0 Å². The van der Waals surface area contributed by atoms with E-state index in [0.717, 1.165) is 57.8 Å². The summed E-state index contributed by atoms with van der Waals surface area (Å²) in [6.07, 6.45) is 12.3. The van der Waals surface area contributed by atoms with E-state index < -0.39 is 17.2 Å². The second-order valence-electron chi connectivity index (χ2n) is 15.2. The predicted octanol–water partition coefficient (Wildman–Crippen LogP) is 6.57. The van der Waals surface area contributed by atoms with Gasteiger partial charge in [0.2, 0.25) is 0 Å². The van der Waals surface area contributed by atoms with Gasteiger partial charge in [0.25, 0.3) is 0 Å². The summed E-state index contributed by atoms with van der Waals surface area (Å²) in [4.78, 5) is 12.8. The van der Waals surface area contributed by atoms with Crippen LogP contribution in [0.5, 0.6) is 0 Å². The molecule has 0 aromatic rings.